The maximum Gasteiger partial charge on any atom is 0.0984 e. The van der Waals surface area contributed by atoms with Crippen molar-refractivity contribution >= 4 is 0 Å². The molecule has 102 valence electrons. The van der Waals surface area contributed by atoms with Gasteiger partial charge in [0.2, 0.25) is 0 Å². The van der Waals surface area contributed by atoms with Gasteiger partial charge in [0.25, 0.3) is 0 Å². The zero-order valence-electron chi connectivity index (χ0n) is 12.1. The van der Waals surface area contributed by atoms with Crippen LogP contribution in [0.25, 0.3) is 0 Å². The van der Waals surface area contributed by atoms with Gasteiger partial charge in [-0.05, 0) is 43.1 Å². The lowest BCUT2D eigenvalue weighted by Crippen LogP contribution is -2.26. The van der Waals surface area contributed by atoms with E-state index in [-0.39, 0.29) is 6.10 Å². The molecule has 3 nitrogen and oxygen atoms in total. The Morgan fingerprint density at radius 3 is 2.67 bits per heavy atom. The molecule has 0 saturated heterocycles. The van der Waals surface area contributed by atoms with E-state index in [0.29, 0.717) is 5.92 Å². The van der Waals surface area contributed by atoms with E-state index in [2.05, 4.69) is 31.9 Å². The number of rotatable bonds is 3. The summed E-state index contributed by atoms with van der Waals surface area (Å²) in [4.78, 5) is 0. The Morgan fingerprint density at radius 2 is 2.11 bits per heavy atom. The summed E-state index contributed by atoms with van der Waals surface area (Å²) in [7, 11) is 1.94. The Labute approximate surface area is 110 Å². The summed E-state index contributed by atoms with van der Waals surface area (Å²) in [6.45, 7) is 6.74. The van der Waals surface area contributed by atoms with E-state index < -0.39 is 0 Å². The molecule has 4 atom stereocenters. The van der Waals surface area contributed by atoms with Crippen LogP contribution in [0.4, 0.5) is 0 Å². The lowest BCUT2D eigenvalue weighted by atomic mass is 9.73. The molecule has 0 amide bonds. The highest BCUT2D eigenvalue weighted by Gasteiger charge is 2.31. The maximum absolute atomic E-state index is 10.6. The van der Waals surface area contributed by atoms with Crippen molar-refractivity contribution in [1.82, 2.24) is 9.78 Å². The highest BCUT2D eigenvalue weighted by atomic mass is 16.3. The fourth-order valence-electron chi connectivity index (χ4n) is 3.11. The standard InChI is InChI=1S/C15H26N2O/c1-5-13-9-14(17(4)16-13)15(18)12-7-6-10(2)11(3)8-12/h9-12,15,18H,5-8H2,1-4H3. The summed E-state index contributed by atoms with van der Waals surface area (Å²) in [6.07, 6.45) is 4.09. The highest BCUT2D eigenvalue weighted by molar-refractivity contribution is 5.13. The average molecular weight is 250 g/mol. The Morgan fingerprint density at radius 1 is 1.39 bits per heavy atom. The molecule has 0 radical (unpaired) electrons. The van der Waals surface area contributed by atoms with E-state index in [1.165, 1.54) is 6.42 Å². The number of aliphatic hydroxyl groups is 1. The maximum atomic E-state index is 10.6. The number of hydrogen-bond donors (Lipinski definition) is 1. The Hall–Kier alpha value is -0.830. The van der Waals surface area contributed by atoms with Crippen LogP contribution < -0.4 is 0 Å². The first-order valence-corrected chi connectivity index (χ1v) is 7.23. The smallest absolute Gasteiger partial charge is 0.0984 e. The first kappa shape index (κ1) is 13.6. The fourth-order valence-corrected chi connectivity index (χ4v) is 3.11. The van der Waals surface area contributed by atoms with Gasteiger partial charge in [0.05, 0.1) is 17.5 Å². The van der Waals surface area contributed by atoms with Crippen LogP contribution in [0, 0.1) is 17.8 Å². The van der Waals surface area contributed by atoms with Gasteiger partial charge in [-0.25, -0.2) is 0 Å². The second kappa shape index (κ2) is 5.43. The molecule has 0 spiro atoms. The topological polar surface area (TPSA) is 38.0 Å². The van der Waals surface area contributed by atoms with Crippen LogP contribution in [0.1, 0.15) is 57.5 Å². The van der Waals surface area contributed by atoms with Crippen LogP contribution in [0.15, 0.2) is 6.07 Å². The molecule has 1 aliphatic carbocycles. The van der Waals surface area contributed by atoms with Crippen LogP contribution in [-0.4, -0.2) is 14.9 Å². The van der Waals surface area contributed by atoms with Crippen molar-refractivity contribution < 1.29 is 5.11 Å². The van der Waals surface area contributed by atoms with Crippen LogP contribution >= 0.6 is 0 Å². The van der Waals surface area contributed by atoms with Crippen LogP contribution in [-0.2, 0) is 13.5 Å². The molecule has 1 heterocycles. The van der Waals surface area contributed by atoms with E-state index in [4.69, 9.17) is 0 Å². The molecule has 1 saturated carbocycles. The molecule has 3 heteroatoms. The average Bonchev–Trinajstić information content (AvgIpc) is 2.73. The van der Waals surface area contributed by atoms with Gasteiger partial charge >= 0.3 is 0 Å². The summed E-state index contributed by atoms with van der Waals surface area (Å²) >= 11 is 0. The lowest BCUT2D eigenvalue weighted by Gasteiger charge is -2.34. The number of nitrogens with zero attached hydrogens (tertiary/aromatic N) is 2. The molecule has 1 aliphatic rings. The van der Waals surface area contributed by atoms with Gasteiger partial charge in [0.15, 0.2) is 0 Å². The van der Waals surface area contributed by atoms with E-state index in [1.807, 2.05) is 11.7 Å². The van der Waals surface area contributed by atoms with Crippen LogP contribution in [0.2, 0.25) is 0 Å². The zero-order chi connectivity index (χ0) is 13.3. The van der Waals surface area contributed by atoms with Crippen molar-refractivity contribution in [1.29, 1.82) is 0 Å². The van der Waals surface area contributed by atoms with Crippen molar-refractivity contribution in [2.24, 2.45) is 24.8 Å². The molecule has 0 aliphatic heterocycles. The van der Waals surface area contributed by atoms with Crippen molar-refractivity contribution in [3.05, 3.63) is 17.5 Å². The quantitative estimate of drug-likeness (QED) is 0.895. The van der Waals surface area contributed by atoms with Crippen LogP contribution in [0.3, 0.4) is 0 Å². The Kier molecular flexibility index (Phi) is 4.10. The van der Waals surface area contributed by atoms with Gasteiger partial charge in [-0.3, -0.25) is 4.68 Å². The monoisotopic (exact) mass is 250 g/mol. The number of hydrogen-bond acceptors (Lipinski definition) is 2. The molecule has 4 unspecified atom stereocenters. The molecule has 0 aromatic carbocycles. The first-order valence-electron chi connectivity index (χ1n) is 7.23. The van der Waals surface area contributed by atoms with Gasteiger partial charge in [-0.2, -0.15) is 5.10 Å². The van der Waals surface area contributed by atoms with Gasteiger partial charge in [-0.15, -0.1) is 0 Å². The molecule has 1 fully saturated rings. The third kappa shape index (κ3) is 2.61. The molecule has 2 rings (SSSR count). The zero-order valence-corrected chi connectivity index (χ0v) is 12.1. The van der Waals surface area contributed by atoms with Crippen molar-refractivity contribution in [3.8, 4) is 0 Å². The Balaban J connectivity index is 2.10. The van der Waals surface area contributed by atoms with Gasteiger partial charge in [0.1, 0.15) is 0 Å². The van der Waals surface area contributed by atoms with E-state index in [1.54, 1.807) is 0 Å². The Bertz CT molecular complexity index is 399. The van der Waals surface area contributed by atoms with E-state index in [9.17, 15) is 5.11 Å². The normalized spacial score (nSPS) is 30.4. The van der Waals surface area contributed by atoms with Gasteiger partial charge in [-0.1, -0.05) is 27.2 Å². The minimum Gasteiger partial charge on any atom is -0.387 e. The summed E-state index contributed by atoms with van der Waals surface area (Å²) in [5.74, 6) is 1.92. The first-order chi connectivity index (χ1) is 8.52. The third-order valence-corrected chi connectivity index (χ3v) is 4.72. The molecule has 0 bridgehead atoms. The predicted molar refractivity (Wildman–Crippen MR) is 73.2 cm³/mol. The summed E-state index contributed by atoms with van der Waals surface area (Å²) in [5, 5.41) is 15.0. The largest absolute Gasteiger partial charge is 0.387 e. The van der Waals surface area contributed by atoms with Crippen molar-refractivity contribution in [2.45, 2.75) is 52.6 Å². The van der Waals surface area contributed by atoms with E-state index in [0.717, 1.165) is 42.5 Å². The highest BCUT2D eigenvalue weighted by Crippen LogP contribution is 2.39. The lowest BCUT2D eigenvalue weighted by molar-refractivity contribution is 0.0505. The molecule has 1 N–H and O–H groups in total. The molecular weight excluding hydrogens is 224 g/mol. The molecule has 1 aromatic heterocycles. The van der Waals surface area contributed by atoms with E-state index >= 15 is 0 Å². The van der Waals surface area contributed by atoms with Crippen molar-refractivity contribution in [3.63, 3.8) is 0 Å². The summed E-state index contributed by atoms with van der Waals surface area (Å²) in [5.41, 5.74) is 2.06. The molecule has 1 aromatic rings. The third-order valence-electron chi connectivity index (χ3n) is 4.72. The number of aromatic nitrogens is 2. The second-order valence-corrected chi connectivity index (χ2v) is 6.01. The SMILES string of the molecule is CCc1cc(C(O)C2CCC(C)C(C)C2)n(C)n1. The summed E-state index contributed by atoms with van der Waals surface area (Å²) in [6, 6.07) is 2.06. The predicted octanol–water partition coefficient (Wildman–Crippen LogP) is 3.09. The second-order valence-electron chi connectivity index (χ2n) is 6.01. The fraction of sp³-hybridized carbons (Fsp3) is 0.800. The van der Waals surface area contributed by atoms with Gasteiger partial charge in [0, 0.05) is 7.05 Å². The van der Waals surface area contributed by atoms with Crippen molar-refractivity contribution in [2.75, 3.05) is 0 Å². The number of aliphatic hydroxyl groups excluding tert-OH is 1. The minimum absolute atomic E-state index is 0.349. The minimum atomic E-state index is -0.349. The molecule has 18 heavy (non-hydrogen) atoms. The van der Waals surface area contributed by atoms with Gasteiger partial charge < -0.3 is 5.11 Å². The van der Waals surface area contributed by atoms with Crippen LogP contribution in [0.5, 0.6) is 0 Å². The molecular formula is C15H26N2O. The number of aryl methyl sites for hydroxylation is 2. The summed E-state index contributed by atoms with van der Waals surface area (Å²) < 4.78 is 1.85.